The molecule has 4 aliphatic rings. The van der Waals surface area contributed by atoms with Crippen molar-refractivity contribution in [3.8, 4) is 0 Å². The fourth-order valence-corrected chi connectivity index (χ4v) is 7.93. The SMILES string of the molecule is CCCC1CCC(CCCCC2COC(C3CCC(C4CCC(C=C(F)F)CC4)CC3)OC2)CC1. The number of halogens is 2. The fraction of sp³-hybridized carbons (Fsp3) is 0.935. The lowest BCUT2D eigenvalue weighted by Crippen LogP contribution is -2.39. The molecule has 35 heavy (non-hydrogen) atoms. The van der Waals surface area contributed by atoms with E-state index in [4.69, 9.17) is 9.47 Å². The zero-order chi connectivity index (χ0) is 24.5. The summed E-state index contributed by atoms with van der Waals surface area (Å²) >= 11 is 0. The highest BCUT2D eigenvalue weighted by Gasteiger charge is 2.35. The van der Waals surface area contributed by atoms with Gasteiger partial charge in [-0.15, -0.1) is 0 Å². The van der Waals surface area contributed by atoms with Crippen molar-refractivity contribution in [3.63, 3.8) is 0 Å². The molecule has 1 aliphatic heterocycles. The third-order valence-corrected chi connectivity index (χ3v) is 10.2. The molecule has 4 heteroatoms. The molecule has 1 heterocycles. The number of hydrogen-bond donors (Lipinski definition) is 0. The van der Waals surface area contributed by atoms with Crippen LogP contribution in [0.5, 0.6) is 0 Å². The van der Waals surface area contributed by atoms with Crippen LogP contribution in [-0.4, -0.2) is 19.5 Å². The molecule has 0 N–H and O–H groups in total. The van der Waals surface area contributed by atoms with Gasteiger partial charge in [-0.25, -0.2) is 0 Å². The van der Waals surface area contributed by atoms with Gasteiger partial charge < -0.3 is 9.47 Å². The smallest absolute Gasteiger partial charge is 0.266 e. The van der Waals surface area contributed by atoms with Crippen molar-refractivity contribution in [2.45, 2.75) is 129 Å². The molecule has 4 fully saturated rings. The van der Waals surface area contributed by atoms with Crippen LogP contribution < -0.4 is 0 Å². The summed E-state index contributed by atoms with van der Waals surface area (Å²) in [4.78, 5) is 0. The van der Waals surface area contributed by atoms with Crippen molar-refractivity contribution in [1.29, 1.82) is 0 Å². The lowest BCUT2D eigenvalue weighted by Gasteiger charge is -2.40. The van der Waals surface area contributed by atoms with Crippen LogP contribution in [0.15, 0.2) is 12.2 Å². The van der Waals surface area contributed by atoms with E-state index in [1.165, 1.54) is 96.0 Å². The number of allylic oxidation sites excluding steroid dienone is 1. The number of hydrogen-bond acceptors (Lipinski definition) is 2. The fourth-order valence-electron chi connectivity index (χ4n) is 7.93. The Morgan fingerprint density at radius 3 is 1.66 bits per heavy atom. The van der Waals surface area contributed by atoms with Crippen LogP contribution in [0.25, 0.3) is 0 Å². The normalized spacial score (nSPS) is 38.7. The van der Waals surface area contributed by atoms with E-state index >= 15 is 0 Å². The van der Waals surface area contributed by atoms with Crippen LogP contribution in [-0.2, 0) is 9.47 Å². The third kappa shape index (κ3) is 8.80. The zero-order valence-electron chi connectivity index (χ0n) is 22.4. The average molecular weight is 495 g/mol. The first-order chi connectivity index (χ1) is 17.1. The minimum absolute atomic E-state index is 0.0129. The van der Waals surface area contributed by atoms with E-state index in [9.17, 15) is 8.78 Å². The molecule has 0 atom stereocenters. The van der Waals surface area contributed by atoms with Crippen molar-refractivity contribution in [3.05, 3.63) is 12.2 Å². The maximum Gasteiger partial charge on any atom is 0.266 e. The molecule has 1 saturated heterocycles. The maximum absolute atomic E-state index is 12.5. The van der Waals surface area contributed by atoms with Gasteiger partial charge in [0.15, 0.2) is 6.29 Å². The van der Waals surface area contributed by atoms with Gasteiger partial charge in [-0.05, 0) is 93.5 Å². The zero-order valence-corrected chi connectivity index (χ0v) is 22.4. The van der Waals surface area contributed by atoms with Crippen molar-refractivity contribution in [1.82, 2.24) is 0 Å². The Hall–Kier alpha value is -0.480. The highest BCUT2D eigenvalue weighted by atomic mass is 19.3. The maximum atomic E-state index is 12.5. The predicted octanol–water partition coefficient (Wildman–Crippen LogP) is 9.54. The Kier molecular flexibility index (Phi) is 11.4. The van der Waals surface area contributed by atoms with Gasteiger partial charge in [0.2, 0.25) is 0 Å². The molecule has 202 valence electrons. The van der Waals surface area contributed by atoms with Crippen LogP contribution in [0.2, 0.25) is 0 Å². The molecule has 0 aromatic heterocycles. The molecular formula is C31H52F2O2. The van der Waals surface area contributed by atoms with Crippen molar-refractivity contribution in [2.24, 2.45) is 41.4 Å². The largest absolute Gasteiger partial charge is 0.352 e. The number of ether oxygens (including phenoxy) is 2. The highest BCUT2D eigenvalue weighted by molar-refractivity contribution is 4.92. The summed E-state index contributed by atoms with van der Waals surface area (Å²) in [6.07, 6.45) is 22.9. The van der Waals surface area contributed by atoms with E-state index in [2.05, 4.69) is 6.92 Å². The molecule has 0 aromatic carbocycles. The van der Waals surface area contributed by atoms with Gasteiger partial charge >= 0.3 is 0 Å². The summed E-state index contributed by atoms with van der Waals surface area (Å²) < 4.78 is 37.6. The number of unbranched alkanes of at least 4 members (excludes halogenated alkanes) is 1. The van der Waals surface area contributed by atoms with Crippen LogP contribution >= 0.6 is 0 Å². The molecule has 0 radical (unpaired) electrons. The van der Waals surface area contributed by atoms with Crippen LogP contribution in [0.4, 0.5) is 8.78 Å². The second-order valence-corrected chi connectivity index (χ2v) is 12.7. The molecule has 0 amide bonds. The van der Waals surface area contributed by atoms with Gasteiger partial charge in [0, 0.05) is 11.8 Å². The molecule has 3 saturated carbocycles. The molecule has 0 unspecified atom stereocenters. The highest BCUT2D eigenvalue weighted by Crippen LogP contribution is 2.43. The molecular weight excluding hydrogens is 442 g/mol. The van der Waals surface area contributed by atoms with Gasteiger partial charge in [0.1, 0.15) is 0 Å². The van der Waals surface area contributed by atoms with Gasteiger partial charge in [-0.2, -0.15) is 8.78 Å². The second-order valence-electron chi connectivity index (χ2n) is 12.7. The molecule has 2 nitrogen and oxygen atoms in total. The van der Waals surface area contributed by atoms with Crippen LogP contribution in [0.1, 0.15) is 122 Å². The first-order valence-electron chi connectivity index (χ1n) is 15.4. The van der Waals surface area contributed by atoms with E-state index in [0.29, 0.717) is 11.8 Å². The lowest BCUT2D eigenvalue weighted by atomic mass is 9.69. The van der Waals surface area contributed by atoms with E-state index in [0.717, 1.165) is 62.6 Å². The van der Waals surface area contributed by atoms with E-state index < -0.39 is 6.08 Å². The summed E-state index contributed by atoms with van der Waals surface area (Å²) in [6, 6.07) is 0. The standard InChI is InChI=1S/C31H52F2O2/c1-2-5-23-8-10-24(11-9-23)6-3-4-7-26-21-34-31(35-22-26)29-18-16-28(17-19-29)27-14-12-25(13-15-27)20-30(32)33/h20,23-29,31H,2-19,21-22H2,1H3. The summed E-state index contributed by atoms with van der Waals surface area (Å²) in [7, 11) is 0. The van der Waals surface area contributed by atoms with Crippen molar-refractivity contribution >= 4 is 0 Å². The third-order valence-electron chi connectivity index (χ3n) is 10.2. The molecule has 3 aliphatic carbocycles. The van der Waals surface area contributed by atoms with Gasteiger partial charge in [0.05, 0.1) is 13.2 Å². The summed E-state index contributed by atoms with van der Waals surface area (Å²) in [5, 5.41) is 0. The molecule has 0 spiro atoms. The quantitative estimate of drug-likeness (QED) is 0.281. The Balaban J connectivity index is 1.04. The van der Waals surface area contributed by atoms with Gasteiger partial charge in [-0.3, -0.25) is 0 Å². The topological polar surface area (TPSA) is 18.5 Å². The minimum atomic E-state index is -1.50. The van der Waals surface area contributed by atoms with Crippen LogP contribution in [0, 0.1) is 41.4 Å². The van der Waals surface area contributed by atoms with E-state index in [1.807, 2.05) is 0 Å². The minimum Gasteiger partial charge on any atom is -0.352 e. The summed E-state index contributed by atoms with van der Waals surface area (Å²) in [6.45, 7) is 4.09. The summed E-state index contributed by atoms with van der Waals surface area (Å²) in [5.74, 6) is 4.78. The van der Waals surface area contributed by atoms with Gasteiger partial charge in [0.25, 0.3) is 6.08 Å². The Bertz CT molecular complexity index is 601. The second kappa shape index (κ2) is 14.5. The monoisotopic (exact) mass is 494 g/mol. The Morgan fingerprint density at radius 2 is 1.11 bits per heavy atom. The average Bonchev–Trinajstić information content (AvgIpc) is 2.88. The molecule has 4 rings (SSSR count). The van der Waals surface area contributed by atoms with Gasteiger partial charge in [-0.1, -0.05) is 64.7 Å². The molecule has 0 aromatic rings. The van der Waals surface area contributed by atoms with E-state index in [1.54, 1.807) is 0 Å². The van der Waals surface area contributed by atoms with Crippen molar-refractivity contribution < 1.29 is 18.3 Å². The first-order valence-corrected chi connectivity index (χ1v) is 15.4. The Labute approximate surface area is 214 Å². The number of rotatable bonds is 10. The predicted molar refractivity (Wildman–Crippen MR) is 139 cm³/mol. The lowest BCUT2D eigenvalue weighted by molar-refractivity contribution is -0.230. The first kappa shape index (κ1) is 27.6. The van der Waals surface area contributed by atoms with Crippen molar-refractivity contribution in [2.75, 3.05) is 13.2 Å². The molecule has 0 bridgehead atoms. The van der Waals surface area contributed by atoms with Crippen LogP contribution in [0.3, 0.4) is 0 Å². The Morgan fingerprint density at radius 1 is 0.629 bits per heavy atom. The summed E-state index contributed by atoms with van der Waals surface area (Å²) in [5.41, 5.74) is 0. The van der Waals surface area contributed by atoms with E-state index in [-0.39, 0.29) is 12.2 Å².